The maximum absolute atomic E-state index is 12.8. The van der Waals surface area contributed by atoms with Crippen molar-refractivity contribution < 1.29 is 37.3 Å². The van der Waals surface area contributed by atoms with Gasteiger partial charge in [0, 0.05) is 47.6 Å². The summed E-state index contributed by atoms with van der Waals surface area (Å²) in [5, 5.41) is 16.3. The third-order valence-corrected chi connectivity index (χ3v) is 8.29. The second-order valence-corrected chi connectivity index (χ2v) is 11.3. The molecular formula is C23H22ClF3N2O5S. The number of aromatic nitrogens is 1. The van der Waals surface area contributed by atoms with E-state index in [0.29, 0.717) is 53.6 Å². The summed E-state index contributed by atoms with van der Waals surface area (Å²) in [7, 11) is 0. The number of aliphatic hydroxyl groups excluding tert-OH is 1. The highest BCUT2D eigenvalue weighted by atomic mass is 35.5. The molecule has 35 heavy (non-hydrogen) atoms. The van der Waals surface area contributed by atoms with E-state index in [-0.39, 0.29) is 29.4 Å². The highest BCUT2D eigenvalue weighted by Gasteiger charge is 2.71. The van der Waals surface area contributed by atoms with Crippen molar-refractivity contribution in [1.29, 1.82) is 0 Å². The van der Waals surface area contributed by atoms with Gasteiger partial charge in [-0.1, -0.05) is 22.9 Å². The number of halogens is 4. The fourth-order valence-corrected chi connectivity index (χ4v) is 6.67. The van der Waals surface area contributed by atoms with Crippen molar-refractivity contribution in [2.75, 3.05) is 0 Å². The van der Waals surface area contributed by atoms with Crippen molar-refractivity contribution in [3.05, 3.63) is 39.9 Å². The lowest BCUT2D eigenvalue weighted by molar-refractivity contribution is -0.351. The molecule has 1 amide bonds. The number of benzene rings is 1. The maximum Gasteiger partial charge on any atom is 0.522 e. The quantitative estimate of drug-likeness (QED) is 0.566. The molecule has 0 spiro atoms. The van der Waals surface area contributed by atoms with Gasteiger partial charge in [-0.3, -0.25) is 9.53 Å². The van der Waals surface area contributed by atoms with Gasteiger partial charge >= 0.3 is 6.36 Å². The molecule has 1 aromatic carbocycles. The van der Waals surface area contributed by atoms with Crippen LogP contribution in [0.3, 0.4) is 0 Å². The molecule has 0 saturated heterocycles. The number of nitrogens with zero attached hydrogens (tertiary/aromatic N) is 1. The minimum atomic E-state index is -4.61. The van der Waals surface area contributed by atoms with Crippen LogP contribution in [-0.4, -0.2) is 45.7 Å². The molecule has 2 bridgehead atoms. The smallest absolute Gasteiger partial charge is 0.480 e. The van der Waals surface area contributed by atoms with Crippen LogP contribution in [0.1, 0.15) is 61.8 Å². The monoisotopic (exact) mass is 530 g/mol. The van der Waals surface area contributed by atoms with E-state index in [1.807, 2.05) is 5.38 Å². The SMILES string of the molecule is O=C(NC12CC(Oc3nc([C@H]4C[C@@H](OC(F)(F)F)C4)cs3)(C1)C2)[C@H]1C[C@@H](O)c2cc(Cl)ccc2O1. The van der Waals surface area contributed by atoms with Crippen LogP contribution in [0.5, 0.6) is 10.9 Å². The Morgan fingerprint density at radius 1 is 1.26 bits per heavy atom. The topological polar surface area (TPSA) is 89.9 Å². The Hall–Kier alpha value is -2.08. The van der Waals surface area contributed by atoms with Crippen LogP contribution < -0.4 is 14.8 Å². The lowest BCUT2D eigenvalue weighted by Crippen LogP contribution is -2.81. The standard InChI is InChI=1S/C23H22ClF3N2O5S/c24-12-1-2-17-14(5-12)16(30)6-18(32-17)19(31)29-21-8-22(9-21,10-21)34-20-28-15(7-35-20)11-3-13(4-11)33-23(25,26)27/h1-2,5,7,11,13,16,18,30H,3-4,6,8-10H2,(H,29,31)/t11-,13+,16-,18-,21?,22?/m1/s1. The summed E-state index contributed by atoms with van der Waals surface area (Å²) in [5.41, 5.74) is 0.589. The Morgan fingerprint density at radius 3 is 2.71 bits per heavy atom. The van der Waals surface area contributed by atoms with Gasteiger partial charge in [0.25, 0.3) is 11.1 Å². The maximum atomic E-state index is 12.8. The number of aliphatic hydroxyl groups is 1. The van der Waals surface area contributed by atoms with Crippen LogP contribution in [0.2, 0.25) is 5.02 Å². The third-order valence-electron chi connectivity index (χ3n) is 7.32. The predicted molar refractivity (Wildman–Crippen MR) is 119 cm³/mol. The molecule has 4 fully saturated rings. The number of hydrogen-bond donors (Lipinski definition) is 2. The van der Waals surface area contributed by atoms with Crippen LogP contribution in [0.15, 0.2) is 23.6 Å². The van der Waals surface area contributed by atoms with E-state index in [4.69, 9.17) is 21.1 Å². The van der Waals surface area contributed by atoms with Crippen LogP contribution in [-0.2, 0) is 9.53 Å². The zero-order valence-corrected chi connectivity index (χ0v) is 19.9. The van der Waals surface area contributed by atoms with Gasteiger partial charge < -0.3 is 19.9 Å². The Balaban J connectivity index is 0.989. The molecule has 12 heteroatoms. The number of rotatable bonds is 6. The molecule has 2 aromatic rings. The van der Waals surface area contributed by atoms with Crippen LogP contribution >= 0.6 is 22.9 Å². The van der Waals surface area contributed by atoms with E-state index in [1.165, 1.54) is 11.3 Å². The number of carbonyl (C=O) groups excluding carboxylic acids is 1. The molecule has 4 saturated carbocycles. The first-order valence-corrected chi connectivity index (χ1v) is 12.6. The Labute approximate surface area is 207 Å². The highest BCUT2D eigenvalue weighted by molar-refractivity contribution is 7.11. The van der Waals surface area contributed by atoms with E-state index in [2.05, 4.69) is 15.0 Å². The van der Waals surface area contributed by atoms with Crippen molar-refractivity contribution in [3.63, 3.8) is 0 Å². The summed E-state index contributed by atoms with van der Waals surface area (Å²) < 4.78 is 52.8. The first-order valence-electron chi connectivity index (χ1n) is 11.4. The predicted octanol–water partition coefficient (Wildman–Crippen LogP) is 4.63. The number of amides is 1. The molecule has 4 aliphatic carbocycles. The molecule has 7 nitrogen and oxygen atoms in total. The van der Waals surface area contributed by atoms with Crippen LogP contribution in [0.25, 0.3) is 0 Å². The van der Waals surface area contributed by atoms with Gasteiger partial charge in [0.05, 0.1) is 23.4 Å². The Bertz CT molecular complexity index is 1150. The normalized spacial score (nSPS) is 35.0. The van der Waals surface area contributed by atoms with E-state index in [0.717, 1.165) is 5.69 Å². The second kappa shape index (κ2) is 7.96. The largest absolute Gasteiger partial charge is 0.522 e. The van der Waals surface area contributed by atoms with Crippen molar-refractivity contribution in [1.82, 2.24) is 10.3 Å². The first kappa shape index (κ1) is 23.3. The van der Waals surface area contributed by atoms with Gasteiger partial charge in [-0.15, -0.1) is 13.2 Å². The first-order chi connectivity index (χ1) is 16.5. The summed E-state index contributed by atoms with van der Waals surface area (Å²) in [6, 6.07) is 4.94. The second-order valence-electron chi connectivity index (χ2n) is 10.0. The van der Waals surface area contributed by atoms with Gasteiger partial charge in [-0.05, 0) is 31.0 Å². The molecule has 2 heterocycles. The Morgan fingerprint density at radius 2 is 2.00 bits per heavy atom. The molecule has 2 atom stereocenters. The van der Waals surface area contributed by atoms with E-state index < -0.39 is 24.7 Å². The molecule has 2 N–H and O–H groups in total. The van der Waals surface area contributed by atoms with Crippen molar-refractivity contribution >= 4 is 28.8 Å². The number of fused-ring (bicyclic) bond motifs is 1. The van der Waals surface area contributed by atoms with E-state index in [9.17, 15) is 23.1 Å². The molecule has 188 valence electrons. The lowest BCUT2D eigenvalue weighted by Gasteiger charge is -2.68. The van der Waals surface area contributed by atoms with Gasteiger partial charge in [-0.2, -0.15) is 0 Å². The number of thiazole rings is 1. The molecule has 7 rings (SSSR count). The fourth-order valence-electron chi connectivity index (χ4n) is 5.64. The van der Waals surface area contributed by atoms with Crippen LogP contribution in [0.4, 0.5) is 13.2 Å². The average Bonchev–Trinajstić information content (AvgIpc) is 3.15. The molecule has 1 aliphatic heterocycles. The molecular weight excluding hydrogens is 509 g/mol. The molecule has 0 unspecified atom stereocenters. The molecule has 1 aromatic heterocycles. The number of nitrogens with one attached hydrogen (secondary N) is 1. The highest BCUT2D eigenvalue weighted by Crippen LogP contribution is 2.62. The van der Waals surface area contributed by atoms with Crippen molar-refractivity contribution in [3.8, 4) is 10.9 Å². The van der Waals surface area contributed by atoms with Gasteiger partial charge in [0.15, 0.2) is 6.10 Å². The van der Waals surface area contributed by atoms with E-state index in [1.54, 1.807) is 18.2 Å². The van der Waals surface area contributed by atoms with E-state index >= 15 is 0 Å². The van der Waals surface area contributed by atoms with Crippen molar-refractivity contribution in [2.45, 2.75) is 80.3 Å². The number of carbonyl (C=O) groups is 1. The summed E-state index contributed by atoms with van der Waals surface area (Å²) in [6.45, 7) is 0. The summed E-state index contributed by atoms with van der Waals surface area (Å²) in [6.07, 6.45) is -4.38. The zero-order valence-electron chi connectivity index (χ0n) is 18.3. The van der Waals surface area contributed by atoms with Gasteiger partial charge in [-0.25, -0.2) is 4.98 Å². The summed E-state index contributed by atoms with van der Waals surface area (Å²) in [5.74, 6) is 0.129. The summed E-state index contributed by atoms with van der Waals surface area (Å²) in [4.78, 5) is 17.3. The molecule has 5 aliphatic rings. The zero-order chi connectivity index (χ0) is 24.6. The number of ether oxygens (including phenoxy) is 3. The van der Waals surface area contributed by atoms with Crippen LogP contribution in [0, 0.1) is 0 Å². The number of hydrogen-bond acceptors (Lipinski definition) is 7. The van der Waals surface area contributed by atoms with Crippen molar-refractivity contribution in [2.24, 2.45) is 0 Å². The molecule has 0 radical (unpaired) electrons. The minimum Gasteiger partial charge on any atom is -0.480 e. The fraction of sp³-hybridized carbons (Fsp3) is 0.565. The van der Waals surface area contributed by atoms with Gasteiger partial charge in [0.2, 0.25) is 0 Å². The lowest BCUT2D eigenvalue weighted by atomic mass is 9.46. The summed E-state index contributed by atoms with van der Waals surface area (Å²) >= 11 is 7.31. The Kier molecular flexibility index (Phi) is 5.30. The average molecular weight is 531 g/mol. The van der Waals surface area contributed by atoms with Gasteiger partial charge in [0.1, 0.15) is 11.4 Å². The minimum absolute atomic E-state index is 0.0541. The third kappa shape index (κ3) is 4.36. The number of alkyl halides is 3.